The number of hydrogen-bond acceptors (Lipinski definition) is 0. The first kappa shape index (κ1) is 12.1. The van der Waals surface area contributed by atoms with Gasteiger partial charge in [0.15, 0.2) is 0 Å². The summed E-state index contributed by atoms with van der Waals surface area (Å²) in [5.41, 5.74) is 1.82. The zero-order chi connectivity index (χ0) is 12.1. The molecule has 0 aliphatic rings. The molecule has 2 aromatic rings. The molecule has 0 fully saturated rings. The summed E-state index contributed by atoms with van der Waals surface area (Å²) >= 11 is 3.47. The average Bonchev–Trinajstić information content (AvgIpc) is 2.34. The van der Waals surface area contributed by atoms with E-state index in [0.717, 1.165) is 15.6 Å². The van der Waals surface area contributed by atoms with Crippen molar-refractivity contribution >= 4 is 22.0 Å². The molecule has 17 heavy (non-hydrogen) atoms. The van der Waals surface area contributed by atoms with Crippen LogP contribution in [-0.2, 0) is 6.42 Å². The third-order valence-electron chi connectivity index (χ3n) is 2.50. The maximum Gasteiger partial charge on any atom is 0.126 e. The Morgan fingerprint density at radius 3 is 2.47 bits per heavy atom. The molecule has 0 N–H and O–H groups in total. The lowest BCUT2D eigenvalue weighted by molar-refractivity contribution is 0.615. The third-order valence-corrected chi connectivity index (χ3v) is 3.22. The molecule has 0 heterocycles. The molecule has 0 amide bonds. The average molecular weight is 291 g/mol. The zero-order valence-corrected chi connectivity index (χ0v) is 10.8. The van der Waals surface area contributed by atoms with Gasteiger partial charge in [0, 0.05) is 4.47 Å². The fourth-order valence-electron chi connectivity index (χ4n) is 1.59. The Kier molecular flexibility index (Phi) is 4.10. The van der Waals surface area contributed by atoms with Crippen molar-refractivity contribution < 1.29 is 4.39 Å². The number of halogens is 2. The van der Waals surface area contributed by atoms with Crippen molar-refractivity contribution in [2.45, 2.75) is 6.42 Å². The highest BCUT2D eigenvalue weighted by Crippen LogP contribution is 2.17. The van der Waals surface area contributed by atoms with Crippen LogP contribution in [0.4, 0.5) is 4.39 Å². The first-order chi connectivity index (χ1) is 8.27. The van der Waals surface area contributed by atoms with Gasteiger partial charge in [-0.3, -0.25) is 0 Å². The molecule has 0 nitrogen and oxygen atoms in total. The summed E-state index contributed by atoms with van der Waals surface area (Å²) in [4.78, 5) is 0. The standard InChI is InChI=1S/C15H12BrF/c16-14-10-3-1-6-12(14)8-5-9-13-7-2-4-11-15(13)17/h1-8,10-11H,9H2. The highest BCUT2D eigenvalue weighted by atomic mass is 79.9. The fraction of sp³-hybridized carbons (Fsp3) is 0.0667. The number of hydrogen-bond donors (Lipinski definition) is 0. The summed E-state index contributed by atoms with van der Waals surface area (Å²) in [6.45, 7) is 0. The Hall–Kier alpha value is -1.41. The van der Waals surface area contributed by atoms with Gasteiger partial charge < -0.3 is 0 Å². The van der Waals surface area contributed by atoms with Crippen LogP contribution in [0.5, 0.6) is 0 Å². The summed E-state index contributed by atoms with van der Waals surface area (Å²) in [5.74, 6) is -0.149. The zero-order valence-electron chi connectivity index (χ0n) is 9.24. The van der Waals surface area contributed by atoms with Gasteiger partial charge in [0.1, 0.15) is 5.82 Å². The molecule has 0 radical (unpaired) electrons. The Labute approximate surface area is 109 Å². The van der Waals surface area contributed by atoms with Crippen molar-refractivity contribution in [3.8, 4) is 0 Å². The van der Waals surface area contributed by atoms with Crippen LogP contribution in [0.25, 0.3) is 6.08 Å². The van der Waals surface area contributed by atoms with Gasteiger partial charge in [-0.05, 0) is 29.7 Å². The molecule has 2 aromatic carbocycles. The molecule has 0 aromatic heterocycles. The van der Waals surface area contributed by atoms with Crippen molar-refractivity contribution in [2.75, 3.05) is 0 Å². The van der Waals surface area contributed by atoms with Crippen LogP contribution in [0.2, 0.25) is 0 Å². The van der Waals surface area contributed by atoms with Crippen LogP contribution in [0, 0.1) is 5.82 Å². The van der Waals surface area contributed by atoms with Crippen molar-refractivity contribution in [2.24, 2.45) is 0 Å². The van der Waals surface area contributed by atoms with E-state index >= 15 is 0 Å². The van der Waals surface area contributed by atoms with Crippen molar-refractivity contribution in [1.82, 2.24) is 0 Å². The van der Waals surface area contributed by atoms with Crippen LogP contribution >= 0.6 is 15.9 Å². The quantitative estimate of drug-likeness (QED) is 0.758. The summed E-state index contributed by atoms with van der Waals surface area (Å²) in [7, 11) is 0. The highest BCUT2D eigenvalue weighted by molar-refractivity contribution is 9.10. The largest absolute Gasteiger partial charge is 0.207 e. The minimum atomic E-state index is -0.149. The third kappa shape index (κ3) is 3.27. The van der Waals surface area contributed by atoms with Crippen molar-refractivity contribution in [3.63, 3.8) is 0 Å². The van der Waals surface area contributed by atoms with Crippen molar-refractivity contribution in [1.29, 1.82) is 0 Å². The summed E-state index contributed by atoms with van der Waals surface area (Å²) in [5, 5.41) is 0. The van der Waals surface area contributed by atoms with E-state index in [0.29, 0.717) is 6.42 Å². The molecule has 2 rings (SSSR count). The summed E-state index contributed by atoms with van der Waals surface area (Å²) in [6, 6.07) is 14.8. The van der Waals surface area contributed by atoms with E-state index in [2.05, 4.69) is 15.9 Å². The van der Waals surface area contributed by atoms with E-state index in [9.17, 15) is 4.39 Å². The lowest BCUT2D eigenvalue weighted by Crippen LogP contribution is -1.86. The Morgan fingerprint density at radius 2 is 1.71 bits per heavy atom. The molecule has 0 saturated carbocycles. The molecular formula is C15H12BrF. The van der Waals surface area contributed by atoms with Gasteiger partial charge in [0.05, 0.1) is 0 Å². The van der Waals surface area contributed by atoms with Gasteiger partial charge in [0.2, 0.25) is 0 Å². The molecular weight excluding hydrogens is 279 g/mol. The van der Waals surface area contributed by atoms with E-state index in [-0.39, 0.29) is 5.82 Å². The van der Waals surface area contributed by atoms with Gasteiger partial charge in [-0.25, -0.2) is 4.39 Å². The Morgan fingerprint density at radius 1 is 1.00 bits per heavy atom. The molecule has 0 aliphatic heterocycles. The molecule has 0 spiro atoms. The Bertz CT molecular complexity index is 532. The first-order valence-electron chi connectivity index (χ1n) is 5.42. The number of allylic oxidation sites excluding steroid dienone is 1. The van der Waals surface area contributed by atoms with E-state index in [4.69, 9.17) is 0 Å². The molecule has 0 atom stereocenters. The van der Waals surface area contributed by atoms with E-state index < -0.39 is 0 Å². The topological polar surface area (TPSA) is 0 Å². The molecule has 0 aliphatic carbocycles. The fourth-order valence-corrected chi connectivity index (χ4v) is 2.00. The van der Waals surface area contributed by atoms with Gasteiger partial charge in [-0.15, -0.1) is 0 Å². The van der Waals surface area contributed by atoms with E-state index in [1.54, 1.807) is 12.1 Å². The Balaban J connectivity index is 2.09. The number of benzene rings is 2. The van der Waals surface area contributed by atoms with Gasteiger partial charge in [-0.1, -0.05) is 64.5 Å². The van der Waals surface area contributed by atoms with E-state index in [1.807, 2.05) is 42.5 Å². The first-order valence-corrected chi connectivity index (χ1v) is 6.21. The van der Waals surface area contributed by atoms with Crippen LogP contribution in [-0.4, -0.2) is 0 Å². The predicted octanol–water partition coefficient (Wildman–Crippen LogP) is 4.84. The molecule has 86 valence electrons. The van der Waals surface area contributed by atoms with Crippen LogP contribution in [0.3, 0.4) is 0 Å². The second-order valence-electron chi connectivity index (χ2n) is 3.72. The minimum Gasteiger partial charge on any atom is -0.207 e. The second kappa shape index (κ2) is 5.78. The van der Waals surface area contributed by atoms with Gasteiger partial charge in [-0.2, -0.15) is 0 Å². The maximum atomic E-state index is 13.4. The summed E-state index contributed by atoms with van der Waals surface area (Å²) < 4.78 is 14.4. The maximum absolute atomic E-state index is 13.4. The normalized spacial score (nSPS) is 10.9. The molecule has 0 unspecified atom stereocenters. The molecule has 2 heteroatoms. The predicted molar refractivity (Wildman–Crippen MR) is 73.3 cm³/mol. The second-order valence-corrected chi connectivity index (χ2v) is 4.57. The molecule has 0 bridgehead atoms. The number of rotatable bonds is 3. The monoisotopic (exact) mass is 290 g/mol. The molecule has 0 saturated heterocycles. The van der Waals surface area contributed by atoms with Crippen molar-refractivity contribution in [3.05, 3.63) is 76.0 Å². The minimum absolute atomic E-state index is 0.149. The highest BCUT2D eigenvalue weighted by Gasteiger charge is 1.97. The van der Waals surface area contributed by atoms with Gasteiger partial charge >= 0.3 is 0 Å². The van der Waals surface area contributed by atoms with Crippen LogP contribution in [0.15, 0.2) is 59.1 Å². The smallest absolute Gasteiger partial charge is 0.126 e. The lowest BCUT2D eigenvalue weighted by atomic mass is 10.1. The van der Waals surface area contributed by atoms with Crippen LogP contribution < -0.4 is 0 Å². The summed E-state index contributed by atoms with van der Waals surface area (Å²) in [6.07, 6.45) is 4.57. The van der Waals surface area contributed by atoms with Crippen LogP contribution in [0.1, 0.15) is 11.1 Å². The lowest BCUT2D eigenvalue weighted by Gasteiger charge is -1.99. The SMILES string of the molecule is Fc1ccccc1CC=Cc1ccccc1Br. The van der Waals surface area contributed by atoms with Gasteiger partial charge in [0.25, 0.3) is 0 Å². The van der Waals surface area contributed by atoms with E-state index in [1.165, 1.54) is 6.07 Å².